The van der Waals surface area contributed by atoms with E-state index >= 15 is 0 Å². The molecule has 0 fully saturated rings. The predicted molar refractivity (Wildman–Crippen MR) is 134 cm³/mol. The molecule has 35 heavy (non-hydrogen) atoms. The van der Waals surface area contributed by atoms with E-state index in [-0.39, 0.29) is 26.0 Å². The van der Waals surface area contributed by atoms with Crippen molar-refractivity contribution in [1.29, 1.82) is 0 Å². The molecule has 9 heteroatoms. The van der Waals surface area contributed by atoms with E-state index in [1.807, 2.05) is 45.0 Å². The molecule has 2 rings (SSSR count). The van der Waals surface area contributed by atoms with Crippen LogP contribution in [0.15, 0.2) is 40.9 Å². The largest absolute Gasteiger partial charge is 0.468 e. The molecule has 0 aliphatic carbocycles. The SMILES string of the molecule is COCOc1cc(OCOC)c(Br)c(C(C(=O)OC)c2cccc(CCC(=O)OC(C)(C)C)c2)c1. The van der Waals surface area contributed by atoms with E-state index in [2.05, 4.69) is 15.9 Å². The third kappa shape index (κ3) is 8.83. The third-order valence-corrected chi connectivity index (χ3v) is 5.64. The van der Waals surface area contributed by atoms with Crippen molar-refractivity contribution in [3.63, 3.8) is 0 Å². The van der Waals surface area contributed by atoms with Gasteiger partial charge in [-0.2, -0.15) is 0 Å². The number of carbonyl (C=O) groups is 2. The lowest BCUT2D eigenvalue weighted by atomic mass is 9.89. The summed E-state index contributed by atoms with van der Waals surface area (Å²) in [6, 6.07) is 10.9. The van der Waals surface area contributed by atoms with Crippen LogP contribution in [0.25, 0.3) is 0 Å². The zero-order chi connectivity index (χ0) is 26.0. The summed E-state index contributed by atoms with van der Waals surface area (Å²) in [5, 5.41) is 0. The van der Waals surface area contributed by atoms with Crippen LogP contribution in [0.3, 0.4) is 0 Å². The first-order valence-corrected chi connectivity index (χ1v) is 11.8. The molecule has 0 spiro atoms. The standard InChI is InChI=1S/C26H33BrO8/c1-26(2,3)35-22(28)11-10-17-8-7-9-18(12-17)23(25(29)32-6)20-13-19(33-15-30-4)14-21(24(20)27)34-16-31-5/h7-9,12-14,23H,10-11,15-16H2,1-6H3. The highest BCUT2D eigenvalue weighted by Gasteiger charge is 2.29. The minimum Gasteiger partial charge on any atom is -0.468 e. The van der Waals surface area contributed by atoms with Gasteiger partial charge in [-0.25, -0.2) is 0 Å². The second-order valence-corrected chi connectivity index (χ2v) is 9.51. The van der Waals surface area contributed by atoms with Gasteiger partial charge >= 0.3 is 11.9 Å². The highest BCUT2D eigenvalue weighted by atomic mass is 79.9. The van der Waals surface area contributed by atoms with Gasteiger partial charge in [0.25, 0.3) is 0 Å². The molecule has 1 unspecified atom stereocenters. The molecule has 0 heterocycles. The van der Waals surface area contributed by atoms with Gasteiger partial charge < -0.3 is 28.4 Å². The molecular weight excluding hydrogens is 520 g/mol. The number of ether oxygens (including phenoxy) is 6. The normalized spacial score (nSPS) is 12.1. The molecule has 0 N–H and O–H groups in total. The van der Waals surface area contributed by atoms with Crippen LogP contribution in [-0.2, 0) is 35.0 Å². The van der Waals surface area contributed by atoms with Crippen LogP contribution in [0.4, 0.5) is 0 Å². The molecule has 8 nitrogen and oxygen atoms in total. The van der Waals surface area contributed by atoms with Gasteiger partial charge in [-0.3, -0.25) is 9.59 Å². The van der Waals surface area contributed by atoms with Crippen LogP contribution in [0.1, 0.15) is 49.8 Å². The summed E-state index contributed by atoms with van der Waals surface area (Å²) >= 11 is 3.57. The Hall–Kier alpha value is -2.62. The van der Waals surface area contributed by atoms with E-state index in [1.165, 1.54) is 21.3 Å². The number of benzene rings is 2. The maximum Gasteiger partial charge on any atom is 0.317 e. The molecule has 1 atom stereocenters. The minimum atomic E-state index is -0.785. The van der Waals surface area contributed by atoms with E-state index in [4.69, 9.17) is 28.4 Å². The van der Waals surface area contributed by atoms with Crippen LogP contribution in [0, 0.1) is 0 Å². The Balaban J connectivity index is 2.44. The van der Waals surface area contributed by atoms with Crippen molar-refractivity contribution in [1.82, 2.24) is 0 Å². The molecule has 2 aromatic carbocycles. The number of methoxy groups -OCH3 is 3. The smallest absolute Gasteiger partial charge is 0.317 e. The van der Waals surface area contributed by atoms with Crippen molar-refractivity contribution in [3.05, 3.63) is 57.6 Å². The highest BCUT2D eigenvalue weighted by molar-refractivity contribution is 9.10. The molecule has 0 saturated carbocycles. The summed E-state index contributed by atoms with van der Waals surface area (Å²) in [5.41, 5.74) is 1.63. The summed E-state index contributed by atoms with van der Waals surface area (Å²) in [7, 11) is 4.37. The minimum absolute atomic E-state index is 0.00874. The molecule has 0 amide bonds. The topological polar surface area (TPSA) is 89.5 Å². The van der Waals surface area contributed by atoms with Crippen molar-refractivity contribution in [3.8, 4) is 11.5 Å². The van der Waals surface area contributed by atoms with Crippen molar-refractivity contribution < 1.29 is 38.0 Å². The first-order valence-electron chi connectivity index (χ1n) is 11.0. The first-order chi connectivity index (χ1) is 16.6. The van der Waals surface area contributed by atoms with Gasteiger partial charge in [-0.1, -0.05) is 24.3 Å². The lowest BCUT2D eigenvalue weighted by molar-refractivity contribution is -0.154. The quantitative estimate of drug-likeness (QED) is 0.268. The Morgan fingerprint density at radius 2 is 1.66 bits per heavy atom. The Kier molecular flexibility index (Phi) is 11.0. The summed E-state index contributed by atoms with van der Waals surface area (Å²) in [5.74, 6) is -0.641. The van der Waals surface area contributed by atoms with E-state index < -0.39 is 17.5 Å². The van der Waals surface area contributed by atoms with Crippen LogP contribution >= 0.6 is 15.9 Å². The molecule has 0 saturated heterocycles. The monoisotopic (exact) mass is 552 g/mol. The van der Waals surface area contributed by atoms with E-state index in [9.17, 15) is 9.59 Å². The van der Waals surface area contributed by atoms with Crippen molar-refractivity contribution >= 4 is 27.9 Å². The van der Waals surface area contributed by atoms with Crippen molar-refractivity contribution in [2.24, 2.45) is 0 Å². The molecular formula is C26H33BrO8. The van der Waals surface area contributed by atoms with Gasteiger partial charge in [0.15, 0.2) is 13.6 Å². The molecule has 0 bridgehead atoms. The predicted octanol–water partition coefficient (Wildman–Crippen LogP) is 4.99. The fraction of sp³-hybridized carbons (Fsp3) is 0.462. The number of hydrogen-bond acceptors (Lipinski definition) is 8. The summed E-state index contributed by atoms with van der Waals surface area (Å²) in [4.78, 5) is 25.2. The van der Waals surface area contributed by atoms with Gasteiger partial charge in [-0.05, 0) is 65.9 Å². The van der Waals surface area contributed by atoms with Gasteiger partial charge in [-0.15, -0.1) is 0 Å². The highest BCUT2D eigenvalue weighted by Crippen LogP contribution is 2.40. The number of rotatable bonds is 12. The average Bonchev–Trinajstić information content (AvgIpc) is 2.81. The van der Waals surface area contributed by atoms with Crippen molar-refractivity contribution in [2.45, 2.75) is 45.1 Å². The van der Waals surface area contributed by atoms with Gasteiger partial charge in [0.2, 0.25) is 0 Å². The zero-order valence-electron chi connectivity index (χ0n) is 21.0. The first kappa shape index (κ1) is 28.6. The Morgan fingerprint density at radius 3 is 2.29 bits per heavy atom. The van der Waals surface area contributed by atoms with E-state index in [1.54, 1.807) is 12.1 Å². The fourth-order valence-electron chi connectivity index (χ4n) is 3.37. The Labute approximate surface area is 214 Å². The number of aryl methyl sites for hydroxylation is 1. The number of carbonyl (C=O) groups excluding carboxylic acids is 2. The lowest BCUT2D eigenvalue weighted by Crippen LogP contribution is -2.24. The molecule has 0 aromatic heterocycles. The Morgan fingerprint density at radius 1 is 0.971 bits per heavy atom. The third-order valence-electron chi connectivity index (χ3n) is 4.79. The molecule has 0 radical (unpaired) electrons. The second kappa shape index (κ2) is 13.5. The van der Waals surface area contributed by atoms with Crippen LogP contribution in [-0.4, -0.2) is 52.5 Å². The lowest BCUT2D eigenvalue weighted by Gasteiger charge is -2.21. The number of esters is 2. The van der Waals surface area contributed by atoms with E-state index in [0.717, 1.165) is 5.56 Å². The molecule has 192 valence electrons. The average molecular weight is 553 g/mol. The summed E-state index contributed by atoms with van der Waals surface area (Å²) < 4.78 is 32.5. The maximum atomic E-state index is 13.0. The summed E-state index contributed by atoms with van der Waals surface area (Å²) in [6.45, 7) is 5.53. The second-order valence-electron chi connectivity index (χ2n) is 8.71. The Bertz CT molecular complexity index is 999. The molecule has 0 aliphatic heterocycles. The van der Waals surface area contributed by atoms with Crippen LogP contribution < -0.4 is 9.47 Å². The fourth-order valence-corrected chi connectivity index (χ4v) is 3.94. The summed E-state index contributed by atoms with van der Waals surface area (Å²) in [6.07, 6.45) is 0.694. The van der Waals surface area contributed by atoms with Crippen LogP contribution in [0.5, 0.6) is 11.5 Å². The van der Waals surface area contributed by atoms with Gasteiger partial charge in [0.1, 0.15) is 23.0 Å². The van der Waals surface area contributed by atoms with Crippen molar-refractivity contribution in [2.75, 3.05) is 34.9 Å². The van der Waals surface area contributed by atoms with Gasteiger partial charge in [0.05, 0.1) is 11.6 Å². The number of hydrogen-bond donors (Lipinski definition) is 0. The molecule has 0 aliphatic rings. The van der Waals surface area contributed by atoms with Gasteiger partial charge in [0, 0.05) is 26.7 Å². The van der Waals surface area contributed by atoms with Crippen LogP contribution in [0.2, 0.25) is 0 Å². The maximum absolute atomic E-state index is 13.0. The number of halogens is 1. The van der Waals surface area contributed by atoms with E-state index in [0.29, 0.717) is 33.5 Å². The zero-order valence-corrected chi connectivity index (χ0v) is 22.6. The molecule has 2 aromatic rings.